The normalized spacial score (nSPS) is 10.5. The smallest absolute Gasteiger partial charge is 0.0588 e. The molecule has 0 fully saturated rings. The highest BCUT2D eigenvalue weighted by molar-refractivity contribution is 5.30. The first-order chi connectivity index (χ1) is 6.74. The Bertz CT molecular complexity index is 284. The average molecular weight is 193 g/mol. The van der Waals surface area contributed by atoms with Crippen molar-refractivity contribution in [3.05, 3.63) is 34.9 Å². The standard InChI is InChI=1S/C12H19NO/c1-10-3-4-12(11(2)9-10)5-7-14-8-6-13/h3-4,9H,5-8,13H2,1-2H3. The van der Waals surface area contributed by atoms with Gasteiger partial charge in [-0.2, -0.15) is 0 Å². The van der Waals surface area contributed by atoms with Gasteiger partial charge in [0.25, 0.3) is 0 Å². The molecule has 0 spiro atoms. The molecular weight excluding hydrogens is 174 g/mol. The molecule has 0 aliphatic heterocycles. The van der Waals surface area contributed by atoms with Gasteiger partial charge in [-0.05, 0) is 31.4 Å². The number of hydrogen-bond donors (Lipinski definition) is 1. The second-order valence-corrected chi connectivity index (χ2v) is 3.58. The summed E-state index contributed by atoms with van der Waals surface area (Å²) in [4.78, 5) is 0. The number of benzene rings is 1. The van der Waals surface area contributed by atoms with Crippen LogP contribution in [0.5, 0.6) is 0 Å². The fourth-order valence-electron chi connectivity index (χ4n) is 1.49. The molecule has 0 bridgehead atoms. The summed E-state index contributed by atoms with van der Waals surface area (Å²) in [5.41, 5.74) is 9.36. The third kappa shape index (κ3) is 3.48. The maximum Gasteiger partial charge on any atom is 0.0588 e. The van der Waals surface area contributed by atoms with Crippen molar-refractivity contribution in [2.45, 2.75) is 20.3 Å². The lowest BCUT2D eigenvalue weighted by Gasteiger charge is -2.07. The summed E-state index contributed by atoms with van der Waals surface area (Å²) in [5.74, 6) is 0. The van der Waals surface area contributed by atoms with E-state index >= 15 is 0 Å². The number of ether oxygens (including phenoxy) is 1. The zero-order valence-electron chi connectivity index (χ0n) is 9.05. The van der Waals surface area contributed by atoms with Crippen LogP contribution in [0.3, 0.4) is 0 Å². The summed E-state index contributed by atoms with van der Waals surface area (Å²) in [6, 6.07) is 6.53. The number of hydrogen-bond acceptors (Lipinski definition) is 2. The van der Waals surface area contributed by atoms with Gasteiger partial charge in [0, 0.05) is 6.54 Å². The highest BCUT2D eigenvalue weighted by atomic mass is 16.5. The lowest BCUT2D eigenvalue weighted by molar-refractivity contribution is 0.144. The fourth-order valence-corrected chi connectivity index (χ4v) is 1.49. The Labute approximate surface area is 86.1 Å². The van der Waals surface area contributed by atoms with E-state index in [4.69, 9.17) is 10.5 Å². The Kier molecular flexibility index (Phi) is 4.63. The van der Waals surface area contributed by atoms with E-state index < -0.39 is 0 Å². The predicted molar refractivity (Wildman–Crippen MR) is 59.5 cm³/mol. The van der Waals surface area contributed by atoms with Gasteiger partial charge >= 0.3 is 0 Å². The van der Waals surface area contributed by atoms with Gasteiger partial charge in [0.1, 0.15) is 0 Å². The van der Waals surface area contributed by atoms with Gasteiger partial charge in [0.05, 0.1) is 13.2 Å². The summed E-state index contributed by atoms with van der Waals surface area (Å²) < 4.78 is 5.35. The second kappa shape index (κ2) is 5.78. The Morgan fingerprint density at radius 2 is 2.00 bits per heavy atom. The summed E-state index contributed by atoms with van der Waals surface area (Å²) in [6.07, 6.45) is 0.978. The van der Waals surface area contributed by atoms with Crippen LogP contribution in [0.4, 0.5) is 0 Å². The summed E-state index contributed by atoms with van der Waals surface area (Å²) in [5, 5.41) is 0. The molecule has 0 heterocycles. The lowest BCUT2D eigenvalue weighted by atomic mass is 10.0. The van der Waals surface area contributed by atoms with Crippen LogP contribution in [0.2, 0.25) is 0 Å². The maximum absolute atomic E-state index is 5.35. The molecule has 0 atom stereocenters. The van der Waals surface area contributed by atoms with E-state index in [-0.39, 0.29) is 0 Å². The molecular formula is C12H19NO. The Balaban J connectivity index is 2.42. The van der Waals surface area contributed by atoms with Gasteiger partial charge in [-0.1, -0.05) is 23.8 Å². The van der Waals surface area contributed by atoms with E-state index in [9.17, 15) is 0 Å². The van der Waals surface area contributed by atoms with Crippen LogP contribution in [0.25, 0.3) is 0 Å². The Hall–Kier alpha value is -0.860. The number of nitrogens with two attached hydrogens (primary N) is 1. The molecule has 2 heteroatoms. The van der Waals surface area contributed by atoms with Crippen molar-refractivity contribution in [2.24, 2.45) is 5.73 Å². The Morgan fingerprint density at radius 3 is 2.64 bits per heavy atom. The van der Waals surface area contributed by atoms with Crippen LogP contribution >= 0.6 is 0 Å². The lowest BCUT2D eigenvalue weighted by Crippen LogP contribution is -2.10. The van der Waals surface area contributed by atoms with Crippen molar-refractivity contribution >= 4 is 0 Å². The molecule has 1 aromatic carbocycles. The molecule has 1 aromatic rings. The topological polar surface area (TPSA) is 35.2 Å². The van der Waals surface area contributed by atoms with Crippen molar-refractivity contribution in [3.63, 3.8) is 0 Å². The van der Waals surface area contributed by atoms with Crippen LogP contribution in [-0.2, 0) is 11.2 Å². The van der Waals surface area contributed by atoms with E-state index in [1.54, 1.807) is 0 Å². The molecule has 0 radical (unpaired) electrons. The molecule has 78 valence electrons. The summed E-state index contributed by atoms with van der Waals surface area (Å²) >= 11 is 0. The zero-order valence-corrected chi connectivity index (χ0v) is 9.05. The fraction of sp³-hybridized carbons (Fsp3) is 0.500. The van der Waals surface area contributed by atoms with E-state index in [1.807, 2.05) is 0 Å². The van der Waals surface area contributed by atoms with Crippen LogP contribution in [0.15, 0.2) is 18.2 Å². The van der Waals surface area contributed by atoms with Crippen LogP contribution in [0.1, 0.15) is 16.7 Å². The molecule has 0 aromatic heterocycles. The third-order valence-electron chi connectivity index (χ3n) is 2.28. The zero-order chi connectivity index (χ0) is 10.4. The van der Waals surface area contributed by atoms with Crippen molar-refractivity contribution < 1.29 is 4.74 Å². The van der Waals surface area contributed by atoms with Crippen molar-refractivity contribution in [2.75, 3.05) is 19.8 Å². The van der Waals surface area contributed by atoms with E-state index in [0.29, 0.717) is 13.2 Å². The molecule has 0 aliphatic carbocycles. The molecule has 0 aliphatic rings. The number of aryl methyl sites for hydroxylation is 2. The van der Waals surface area contributed by atoms with Gasteiger partial charge in [-0.25, -0.2) is 0 Å². The van der Waals surface area contributed by atoms with Crippen molar-refractivity contribution in [1.29, 1.82) is 0 Å². The molecule has 14 heavy (non-hydrogen) atoms. The minimum Gasteiger partial charge on any atom is -0.380 e. The SMILES string of the molecule is Cc1ccc(CCOCCN)c(C)c1. The minimum atomic E-state index is 0.604. The van der Waals surface area contributed by atoms with Crippen LogP contribution in [-0.4, -0.2) is 19.8 Å². The monoisotopic (exact) mass is 193 g/mol. The second-order valence-electron chi connectivity index (χ2n) is 3.58. The van der Waals surface area contributed by atoms with Crippen LogP contribution in [0, 0.1) is 13.8 Å². The largest absolute Gasteiger partial charge is 0.380 e. The molecule has 0 unspecified atom stereocenters. The van der Waals surface area contributed by atoms with Gasteiger partial charge in [-0.3, -0.25) is 0 Å². The first-order valence-corrected chi connectivity index (χ1v) is 5.08. The molecule has 2 N–H and O–H groups in total. The van der Waals surface area contributed by atoms with E-state index in [0.717, 1.165) is 13.0 Å². The van der Waals surface area contributed by atoms with Gasteiger partial charge < -0.3 is 10.5 Å². The Morgan fingerprint density at radius 1 is 1.21 bits per heavy atom. The summed E-state index contributed by atoms with van der Waals surface area (Å²) in [6.45, 7) is 6.28. The highest BCUT2D eigenvalue weighted by Crippen LogP contribution is 2.10. The first-order valence-electron chi connectivity index (χ1n) is 5.08. The highest BCUT2D eigenvalue weighted by Gasteiger charge is 1.98. The van der Waals surface area contributed by atoms with Gasteiger partial charge in [0.15, 0.2) is 0 Å². The van der Waals surface area contributed by atoms with E-state index in [1.165, 1.54) is 16.7 Å². The van der Waals surface area contributed by atoms with Crippen molar-refractivity contribution in [3.8, 4) is 0 Å². The van der Waals surface area contributed by atoms with Crippen molar-refractivity contribution in [1.82, 2.24) is 0 Å². The molecule has 1 rings (SSSR count). The average Bonchev–Trinajstić information content (AvgIpc) is 2.15. The minimum absolute atomic E-state index is 0.604. The van der Waals surface area contributed by atoms with E-state index in [2.05, 4.69) is 32.0 Å². The maximum atomic E-state index is 5.35. The molecule has 2 nitrogen and oxygen atoms in total. The quantitative estimate of drug-likeness (QED) is 0.724. The molecule has 0 saturated heterocycles. The summed E-state index contributed by atoms with van der Waals surface area (Å²) in [7, 11) is 0. The molecule has 0 saturated carbocycles. The van der Waals surface area contributed by atoms with Gasteiger partial charge in [-0.15, -0.1) is 0 Å². The first kappa shape index (κ1) is 11.2. The molecule has 0 amide bonds. The number of rotatable bonds is 5. The third-order valence-corrected chi connectivity index (χ3v) is 2.28. The van der Waals surface area contributed by atoms with Gasteiger partial charge in [0.2, 0.25) is 0 Å². The van der Waals surface area contributed by atoms with Crippen LogP contribution < -0.4 is 5.73 Å². The predicted octanol–water partition coefficient (Wildman–Crippen LogP) is 1.82.